The van der Waals surface area contributed by atoms with E-state index >= 15 is 0 Å². The number of esters is 4. The van der Waals surface area contributed by atoms with Gasteiger partial charge in [-0.25, -0.2) is 28.8 Å². The number of hydrogen-bond donors (Lipinski definition) is 3. The summed E-state index contributed by atoms with van der Waals surface area (Å²) in [5.41, 5.74) is 0. The van der Waals surface area contributed by atoms with Gasteiger partial charge in [0.25, 0.3) is 0 Å². The minimum absolute atomic E-state index is 0.0293. The molecule has 0 saturated heterocycles. The summed E-state index contributed by atoms with van der Waals surface area (Å²) in [6, 6.07) is -1.77. The number of alkyl carbamates (subject to hydrolysis) is 3. The van der Waals surface area contributed by atoms with Gasteiger partial charge in [-0.3, -0.25) is 4.79 Å². The van der Waals surface area contributed by atoms with Gasteiger partial charge in [0.05, 0.1) is 46.8 Å². The summed E-state index contributed by atoms with van der Waals surface area (Å²) in [4.78, 5) is 82.6. The molecule has 0 aromatic heterocycles. The van der Waals surface area contributed by atoms with Gasteiger partial charge in [0.1, 0.15) is 12.1 Å². The molecule has 0 rings (SSSR count). The molecule has 1 radical (unpaired) electrons. The summed E-state index contributed by atoms with van der Waals surface area (Å²) in [5.74, 6) is -2.14. The molecule has 0 aliphatic heterocycles. The molecule has 0 aliphatic rings. The molecule has 0 fully saturated rings. The Morgan fingerprint density at radius 1 is 0.531 bits per heavy atom. The molecule has 2 atom stereocenters. The van der Waals surface area contributed by atoms with Crippen molar-refractivity contribution in [3.05, 3.63) is 6.54 Å². The number of amides is 3. The van der Waals surface area contributed by atoms with E-state index in [9.17, 15) is 33.6 Å². The smallest absolute Gasteiger partial charge is 0.407 e. The molecule has 49 heavy (non-hydrogen) atoms. The van der Waals surface area contributed by atoms with Crippen LogP contribution in [0.15, 0.2) is 0 Å². The molecule has 0 spiro atoms. The van der Waals surface area contributed by atoms with Gasteiger partial charge in [-0.15, -0.1) is 0 Å². The lowest BCUT2D eigenvalue weighted by Crippen LogP contribution is -2.43. The molecule has 17 heteroatoms. The zero-order valence-electron chi connectivity index (χ0n) is 29.5. The summed E-state index contributed by atoms with van der Waals surface area (Å²) in [5, 5.41) is 7.11. The normalized spacial score (nSPS) is 11.8. The third-order valence-electron chi connectivity index (χ3n) is 6.19. The van der Waals surface area contributed by atoms with Crippen LogP contribution in [0.5, 0.6) is 0 Å². The lowest BCUT2D eigenvalue weighted by atomic mass is 10.0. The van der Waals surface area contributed by atoms with Crippen molar-refractivity contribution in [2.24, 2.45) is 11.8 Å². The second-order valence-corrected chi connectivity index (χ2v) is 11.7. The SMILES string of the molecule is COC(=O)[CH]NC(=O)OCCCOC(=O)NC(CC(C)C)C(=O)OCCCCCCOC(=O)C(CC(C)C)NC(=O)OCCCOC(C)=O. The van der Waals surface area contributed by atoms with Crippen LogP contribution in [0.3, 0.4) is 0 Å². The molecule has 0 heterocycles. The fourth-order valence-electron chi connectivity index (χ4n) is 3.89. The fourth-order valence-corrected chi connectivity index (χ4v) is 3.89. The highest BCUT2D eigenvalue weighted by atomic mass is 16.6. The van der Waals surface area contributed by atoms with E-state index < -0.39 is 54.2 Å². The third-order valence-corrected chi connectivity index (χ3v) is 6.19. The summed E-state index contributed by atoms with van der Waals surface area (Å²) in [6.07, 6.45) is 1.29. The monoisotopic (exact) mass is 704 g/mol. The van der Waals surface area contributed by atoms with E-state index in [1.54, 1.807) is 0 Å². The average Bonchev–Trinajstić information content (AvgIpc) is 3.02. The Kier molecular flexibility index (Phi) is 25.2. The van der Waals surface area contributed by atoms with Gasteiger partial charge < -0.3 is 49.1 Å². The van der Waals surface area contributed by atoms with Gasteiger partial charge in [-0.2, -0.15) is 0 Å². The van der Waals surface area contributed by atoms with E-state index in [2.05, 4.69) is 20.7 Å². The first-order valence-electron chi connectivity index (χ1n) is 16.4. The highest BCUT2D eigenvalue weighted by Crippen LogP contribution is 2.10. The summed E-state index contributed by atoms with van der Waals surface area (Å²) < 4.78 is 34.7. The van der Waals surface area contributed by atoms with Crippen LogP contribution in [0, 0.1) is 18.4 Å². The van der Waals surface area contributed by atoms with Crippen molar-refractivity contribution >= 4 is 42.2 Å². The first kappa shape index (κ1) is 44.7. The maximum Gasteiger partial charge on any atom is 0.407 e. The quantitative estimate of drug-likeness (QED) is 0.0705. The molecule has 0 aliphatic carbocycles. The van der Waals surface area contributed by atoms with Gasteiger partial charge in [-0.05, 0) is 50.4 Å². The van der Waals surface area contributed by atoms with Gasteiger partial charge in [0.2, 0.25) is 0 Å². The van der Waals surface area contributed by atoms with Crippen LogP contribution in [0.2, 0.25) is 0 Å². The largest absolute Gasteiger partial charge is 0.467 e. The molecular weight excluding hydrogens is 650 g/mol. The minimum Gasteiger partial charge on any atom is -0.467 e. The Hall–Kier alpha value is -4.31. The number of carbonyl (C=O) groups is 7. The van der Waals surface area contributed by atoms with Crippen LogP contribution in [0.1, 0.15) is 86.0 Å². The highest BCUT2D eigenvalue weighted by molar-refractivity contribution is 5.83. The number of rotatable bonds is 25. The Balaban J connectivity index is 4.31. The summed E-state index contributed by atoms with van der Waals surface area (Å²) in [7, 11) is 1.15. The van der Waals surface area contributed by atoms with Gasteiger partial charge in [-0.1, -0.05) is 27.7 Å². The van der Waals surface area contributed by atoms with Crippen molar-refractivity contribution in [3.8, 4) is 0 Å². The molecule has 0 aromatic rings. The zero-order chi connectivity index (χ0) is 37.0. The average molecular weight is 705 g/mol. The second kappa shape index (κ2) is 27.6. The number of unbranched alkanes of at least 4 members (excludes halogenated alkanes) is 3. The lowest BCUT2D eigenvalue weighted by molar-refractivity contribution is -0.147. The second-order valence-electron chi connectivity index (χ2n) is 11.7. The predicted molar refractivity (Wildman–Crippen MR) is 173 cm³/mol. The number of nitrogens with one attached hydrogen (secondary N) is 3. The van der Waals surface area contributed by atoms with E-state index in [1.165, 1.54) is 6.92 Å². The van der Waals surface area contributed by atoms with Gasteiger partial charge >= 0.3 is 42.2 Å². The van der Waals surface area contributed by atoms with Crippen molar-refractivity contribution in [2.45, 2.75) is 98.1 Å². The maximum atomic E-state index is 12.6. The Morgan fingerprint density at radius 3 is 1.31 bits per heavy atom. The van der Waals surface area contributed by atoms with Crippen LogP contribution in [-0.4, -0.2) is 101 Å². The van der Waals surface area contributed by atoms with Crippen LogP contribution in [-0.2, 0) is 52.3 Å². The number of ether oxygens (including phenoxy) is 7. The third kappa shape index (κ3) is 26.3. The molecular formula is C32H54N3O14. The van der Waals surface area contributed by atoms with Crippen LogP contribution < -0.4 is 16.0 Å². The first-order chi connectivity index (χ1) is 23.2. The van der Waals surface area contributed by atoms with E-state index in [0.29, 0.717) is 44.9 Å². The van der Waals surface area contributed by atoms with Crippen molar-refractivity contribution in [1.29, 1.82) is 0 Å². The number of hydrogen-bond acceptors (Lipinski definition) is 14. The van der Waals surface area contributed by atoms with E-state index in [0.717, 1.165) is 13.7 Å². The van der Waals surface area contributed by atoms with Crippen molar-refractivity contribution in [1.82, 2.24) is 16.0 Å². The molecule has 0 aromatic carbocycles. The molecule has 0 bridgehead atoms. The van der Waals surface area contributed by atoms with Gasteiger partial charge in [0, 0.05) is 19.8 Å². The molecule has 3 N–H and O–H groups in total. The van der Waals surface area contributed by atoms with Crippen molar-refractivity contribution < 1.29 is 66.7 Å². The van der Waals surface area contributed by atoms with Crippen molar-refractivity contribution in [3.63, 3.8) is 0 Å². The predicted octanol–water partition coefficient (Wildman–Crippen LogP) is 3.32. The Labute approximate surface area is 288 Å². The van der Waals surface area contributed by atoms with E-state index in [-0.39, 0.29) is 57.9 Å². The first-order valence-corrected chi connectivity index (χ1v) is 16.4. The van der Waals surface area contributed by atoms with E-state index in [4.69, 9.17) is 28.4 Å². The fraction of sp³-hybridized carbons (Fsp3) is 0.750. The Morgan fingerprint density at radius 2 is 0.918 bits per heavy atom. The minimum atomic E-state index is -0.909. The molecule has 0 saturated carbocycles. The topological polar surface area (TPSA) is 220 Å². The molecule has 3 amide bonds. The van der Waals surface area contributed by atoms with E-state index in [1.807, 2.05) is 27.7 Å². The highest BCUT2D eigenvalue weighted by Gasteiger charge is 2.25. The Bertz CT molecular complexity index is 1020. The lowest BCUT2D eigenvalue weighted by Gasteiger charge is -2.19. The standard InChI is InChI=1S/C32H54N3O14/c1-22(2)19-25(34-31(41)48-17-11-15-44-24(5)36)28(38)45-13-9-7-8-10-14-46-29(39)26(20-23(3)4)35-32(42)49-18-12-16-47-30(40)33-21-27(37)43-6/h21-23,25-26H,7-20H2,1-6H3,(H,33,40)(H,34,41)(H,35,42). The molecule has 2 unspecified atom stereocenters. The molecule has 281 valence electrons. The van der Waals surface area contributed by atoms with Crippen LogP contribution >= 0.6 is 0 Å². The number of carbonyl (C=O) groups excluding carboxylic acids is 7. The maximum absolute atomic E-state index is 12.6. The van der Waals surface area contributed by atoms with Crippen molar-refractivity contribution in [2.75, 3.05) is 46.8 Å². The molecule has 17 nitrogen and oxygen atoms in total. The zero-order valence-corrected chi connectivity index (χ0v) is 29.5. The number of methoxy groups -OCH3 is 1. The van der Waals surface area contributed by atoms with Crippen LogP contribution in [0.4, 0.5) is 14.4 Å². The summed E-state index contributed by atoms with van der Waals surface area (Å²) >= 11 is 0. The van der Waals surface area contributed by atoms with Gasteiger partial charge in [0.15, 0.2) is 6.54 Å². The summed E-state index contributed by atoms with van der Waals surface area (Å²) in [6.45, 7) is 9.97. The van der Waals surface area contributed by atoms with Crippen LogP contribution in [0.25, 0.3) is 0 Å².